The van der Waals surface area contributed by atoms with Gasteiger partial charge in [-0.05, 0) is 38.1 Å². The molecule has 1 radical (unpaired) electrons. The molecule has 0 heterocycles. The summed E-state index contributed by atoms with van der Waals surface area (Å²) in [5.74, 6) is -0.226. The fraction of sp³-hybridized carbons (Fsp3) is 0.300. The van der Waals surface area contributed by atoms with Crippen molar-refractivity contribution in [3.05, 3.63) is 29.8 Å². The summed E-state index contributed by atoms with van der Waals surface area (Å²) in [6, 6.07) is 5.97. The zero-order chi connectivity index (χ0) is 9.84. The third-order valence-electron chi connectivity index (χ3n) is 1.45. The molecule has 0 aliphatic carbocycles. The molecule has 0 unspecified atom stereocenters. The summed E-state index contributed by atoms with van der Waals surface area (Å²) in [5, 5.41) is 8.97. The van der Waals surface area contributed by atoms with Gasteiger partial charge in [-0.1, -0.05) is 0 Å². The molecule has 4 heteroatoms. The van der Waals surface area contributed by atoms with Crippen molar-refractivity contribution in [3.8, 4) is 5.75 Å². The Kier molecular flexibility index (Phi) is 5.84. The van der Waals surface area contributed by atoms with Gasteiger partial charge in [0.15, 0.2) is 0 Å². The molecule has 0 atom stereocenters. The van der Waals surface area contributed by atoms with Gasteiger partial charge >= 0.3 is 5.97 Å². The number of rotatable bonds is 2. The number of aromatic hydroxyl groups is 1. The molecule has 3 nitrogen and oxygen atoms in total. The van der Waals surface area contributed by atoms with E-state index in [2.05, 4.69) is 0 Å². The topological polar surface area (TPSA) is 46.5 Å². The normalized spacial score (nSPS) is 9.36. The van der Waals surface area contributed by atoms with Gasteiger partial charge in [-0.2, -0.15) is 0 Å². The molecule has 14 heavy (non-hydrogen) atoms. The zero-order valence-electron chi connectivity index (χ0n) is 8.65. The van der Waals surface area contributed by atoms with E-state index < -0.39 is 0 Å². The number of esters is 1. The molecule has 0 aliphatic heterocycles. The summed E-state index contributed by atoms with van der Waals surface area (Å²) in [5.41, 5.74) is 0.450. The number of ether oxygens (including phenoxy) is 1. The van der Waals surface area contributed by atoms with E-state index in [1.54, 1.807) is 13.8 Å². The first-order valence-corrected chi connectivity index (χ1v) is 4.09. The molecule has 0 spiro atoms. The SMILES string of the molecule is CC(C)OC(=O)c1ccc(O)cc1.[Na]. The maximum atomic E-state index is 11.3. The number of hydrogen-bond acceptors (Lipinski definition) is 3. The van der Waals surface area contributed by atoms with Crippen LogP contribution in [0.3, 0.4) is 0 Å². The minimum atomic E-state index is -0.366. The molecule has 1 aromatic rings. The zero-order valence-corrected chi connectivity index (χ0v) is 10.7. The van der Waals surface area contributed by atoms with Crippen LogP contribution < -0.4 is 0 Å². The molecule has 1 rings (SSSR count). The Morgan fingerprint density at radius 2 is 1.79 bits per heavy atom. The van der Waals surface area contributed by atoms with Crippen molar-refractivity contribution >= 4 is 35.5 Å². The maximum absolute atomic E-state index is 11.3. The Hall–Kier alpha value is -0.510. The average Bonchev–Trinajstić information content (AvgIpc) is 2.04. The van der Waals surface area contributed by atoms with Crippen LogP contribution in [0.5, 0.6) is 5.75 Å². The number of hydrogen-bond donors (Lipinski definition) is 1. The predicted octanol–water partition coefficient (Wildman–Crippen LogP) is 1.58. The molecular weight excluding hydrogens is 191 g/mol. The molecule has 0 amide bonds. The van der Waals surface area contributed by atoms with Gasteiger partial charge in [-0.15, -0.1) is 0 Å². The minimum Gasteiger partial charge on any atom is -0.508 e. The second-order valence-electron chi connectivity index (χ2n) is 3.00. The Morgan fingerprint density at radius 1 is 1.29 bits per heavy atom. The molecule has 0 saturated heterocycles. The Morgan fingerprint density at radius 3 is 2.21 bits per heavy atom. The molecule has 71 valence electrons. The van der Waals surface area contributed by atoms with Crippen LogP contribution in [0.1, 0.15) is 24.2 Å². The molecule has 0 saturated carbocycles. The predicted molar refractivity (Wildman–Crippen MR) is 54.4 cm³/mol. The molecule has 0 aliphatic rings. The first-order chi connectivity index (χ1) is 6.09. The Balaban J connectivity index is 0.00000169. The fourth-order valence-corrected chi connectivity index (χ4v) is 0.880. The summed E-state index contributed by atoms with van der Waals surface area (Å²) >= 11 is 0. The first-order valence-electron chi connectivity index (χ1n) is 4.09. The van der Waals surface area contributed by atoms with Crippen molar-refractivity contribution in [2.45, 2.75) is 20.0 Å². The van der Waals surface area contributed by atoms with Crippen molar-refractivity contribution in [1.82, 2.24) is 0 Å². The van der Waals surface area contributed by atoms with Gasteiger partial charge in [0, 0.05) is 29.6 Å². The van der Waals surface area contributed by atoms with Crippen LogP contribution in [0.2, 0.25) is 0 Å². The summed E-state index contributed by atoms with van der Waals surface area (Å²) in [4.78, 5) is 11.3. The maximum Gasteiger partial charge on any atom is 0.338 e. The monoisotopic (exact) mass is 203 g/mol. The van der Waals surface area contributed by atoms with E-state index in [0.717, 1.165) is 0 Å². The van der Waals surface area contributed by atoms with Crippen molar-refractivity contribution in [1.29, 1.82) is 0 Å². The van der Waals surface area contributed by atoms with E-state index in [1.807, 2.05) is 0 Å². The number of phenolic OH excluding ortho intramolecular Hbond substituents is 1. The van der Waals surface area contributed by atoms with Crippen molar-refractivity contribution in [3.63, 3.8) is 0 Å². The minimum absolute atomic E-state index is 0. The third kappa shape index (κ3) is 4.13. The van der Waals surface area contributed by atoms with E-state index >= 15 is 0 Å². The van der Waals surface area contributed by atoms with Gasteiger partial charge in [0.05, 0.1) is 11.7 Å². The number of benzene rings is 1. The smallest absolute Gasteiger partial charge is 0.338 e. The second-order valence-corrected chi connectivity index (χ2v) is 3.00. The number of carbonyl (C=O) groups excluding carboxylic acids is 1. The summed E-state index contributed by atoms with van der Waals surface area (Å²) in [6.07, 6.45) is -0.124. The van der Waals surface area contributed by atoms with Gasteiger partial charge < -0.3 is 9.84 Å². The third-order valence-corrected chi connectivity index (χ3v) is 1.45. The first kappa shape index (κ1) is 13.5. The van der Waals surface area contributed by atoms with Crippen LogP contribution in [0.25, 0.3) is 0 Å². The van der Waals surface area contributed by atoms with Crippen LogP contribution in [-0.4, -0.2) is 46.7 Å². The molecule has 0 bridgehead atoms. The quantitative estimate of drug-likeness (QED) is 0.586. The summed E-state index contributed by atoms with van der Waals surface area (Å²) < 4.78 is 4.96. The van der Waals surface area contributed by atoms with Crippen LogP contribution >= 0.6 is 0 Å². The fourth-order valence-electron chi connectivity index (χ4n) is 0.880. The summed E-state index contributed by atoms with van der Waals surface area (Å²) in [6.45, 7) is 3.58. The van der Waals surface area contributed by atoms with Gasteiger partial charge in [0.2, 0.25) is 0 Å². The van der Waals surface area contributed by atoms with Crippen LogP contribution in [0.15, 0.2) is 24.3 Å². The van der Waals surface area contributed by atoms with Crippen molar-refractivity contribution in [2.75, 3.05) is 0 Å². The van der Waals surface area contributed by atoms with Crippen molar-refractivity contribution in [2.24, 2.45) is 0 Å². The molecule has 1 N–H and O–H groups in total. The molecule has 1 aromatic carbocycles. The van der Waals surface area contributed by atoms with E-state index in [-0.39, 0.29) is 47.4 Å². The van der Waals surface area contributed by atoms with E-state index in [4.69, 9.17) is 9.84 Å². The molecule has 0 aromatic heterocycles. The van der Waals surface area contributed by atoms with Crippen LogP contribution in [0.4, 0.5) is 0 Å². The Labute approximate surface area is 105 Å². The van der Waals surface area contributed by atoms with E-state index in [0.29, 0.717) is 5.56 Å². The van der Waals surface area contributed by atoms with E-state index in [9.17, 15) is 4.79 Å². The largest absolute Gasteiger partial charge is 0.508 e. The van der Waals surface area contributed by atoms with Gasteiger partial charge in [-0.25, -0.2) is 4.79 Å². The number of phenols is 1. The standard InChI is InChI=1S/C10H12O3.Na/c1-7(2)13-10(12)8-3-5-9(11)6-4-8;/h3-7,11H,1-2H3;. The number of carbonyl (C=O) groups is 1. The summed E-state index contributed by atoms with van der Waals surface area (Å²) in [7, 11) is 0. The van der Waals surface area contributed by atoms with Crippen LogP contribution in [0, 0.1) is 0 Å². The Bertz CT molecular complexity index is 293. The van der Waals surface area contributed by atoms with Gasteiger partial charge in [0.1, 0.15) is 5.75 Å². The van der Waals surface area contributed by atoms with Gasteiger partial charge in [-0.3, -0.25) is 0 Å². The van der Waals surface area contributed by atoms with Crippen molar-refractivity contribution < 1.29 is 14.6 Å². The second kappa shape index (κ2) is 6.06. The molecular formula is C10H12NaO3. The van der Waals surface area contributed by atoms with Crippen LogP contribution in [-0.2, 0) is 4.74 Å². The van der Waals surface area contributed by atoms with E-state index in [1.165, 1.54) is 24.3 Å². The van der Waals surface area contributed by atoms with Gasteiger partial charge in [0.25, 0.3) is 0 Å². The average molecular weight is 203 g/mol. The molecule has 0 fully saturated rings.